The Kier molecular flexibility index (Phi) is 3.59. The minimum absolute atomic E-state index is 0.483. The highest BCUT2D eigenvalue weighted by atomic mass is 16.4. The van der Waals surface area contributed by atoms with Crippen molar-refractivity contribution in [3.8, 4) is 0 Å². The summed E-state index contributed by atoms with van der Waals surface area (Å²) in [5.74, 6) is 0. The van der Waals surface area contributed by atoms with Gasteiger partial charge in [0.25, 0.3) is 6.92 Å². The molecular weight excluding hydrogens is 123 g/mol. The molecule has 1 rings (SSSR count). The lowest BCUT2D eigenvalue weighted by atomic mass is 9.59. The molecule has 0 atom stereocenters. The van der Waals surface area contributed by atoms with Crippen LogP contribution in [0.3, 0.4) is 0 Å². The molecule has 0 spiro atoms. The molecule has 0 amide bonds. The molecule has 0 aromatic rings. The summed E-state index contributed by atoms with van der Waals surface area (Å²) < 4.78 is 5.28. The van der Waals surface area contributed by atoms with E-state index in [0.29, 0.717) is 6.92 Å². The van der Waals surface area contributed by atoms with Gasteiger partial charge in [-0.2, -0.15) is 0 Å². The molecule has 0 aromatic heterocycles. The first-order chi connectivity index (χ1) is 4.93. The van der Waals surface area contributed by atoms with Crippen molar-refractivity contribution < 1.29 is 4.65 Å². The number of hydrogen-bond donors (Lipinski definition) is 0. The molecule has 0 fully saturated rings. The summed E-state index contributed by atoms with van der Waals surface area (Å²) in [7, 11) is 1.81. The van der Waals surface area contributed by atoms with Gasteiger partial charge in [-0.05, 0) is 19.1 Å². The van der Waals surface area contributed by atoms with Crippen molar-refractivity contribution in [3.05, 3.63) is 12.2 Å². The molecule has 10 heavy (non-hydrogen) atoms. The second kappa shape index (κ2) is 4.56. The van der Waals surface area contributed by atoms with Crippen LogP contribution in [0.4, 0.5) is 0 Å². The summed E-state index contributed by atoms with van der Waals surface area (Å²) in [5, 5.41) is 0. The van der Waals surface area contributed by atoms with Gasteiger partial charge < -0.3 is 4.65 Å². The maximum absolute atomic E-state index is 5.28. The van der Waals surface area contributed by atoms with E-state index in [1.54, 1.807) is 7.11 Å². The van der Waals surface area contributed by atoms with E-state index in [4.69, 9.17) is 4.65 Å². The van der Waals surface area contributed by atoms with E-state index in [2.05, 4.69) is 12.2 Å². The van der Waals surface area contributed by atoms with Gasteiger partial charge in [-0.1, -0.05) is 25.0 Å². The van der Waals surface area contributed by atoms with Crippen LogP contribution in [0.1, 0.15) is 19.3 Å². The Balaban J connectivity index is 2.30. The van der Waals surface area contributed by atoms with E-state index < -0.39 is 0 Å². The van der Waals surface area contributed by atoms with Crippen LogP contribution >= 0.6 is 0 Å². The van der Waals surface area contributed by atoms with E-state index in [-0.39, 0.29) is 0 Å². The van der Waals surface area contributed by atoms with Crippen molar-refractivity contribution in [2.75, 3.05) is 7.11 Å². The third-order valence-electron chi connectivity index (χ3n) is 2.05. The van der Waals surface area contributed by atoms with Crippen molar-refractivity contribution >= 4 is 6.92 Å². The Bertz CT molecular complexity index is 112. The Hall–Kier alpha value is -0.235. The van der Waals surface area contributed by atoms with Crippen LogP contribution in [-0.2, 0) is 4.65 Å². The van der Waals surface area contributed by atoms with Gasteiger partial charge in [0.1, 0.15) is 0 Å². The van der Waals surface area contributed by atoms with Crippen LogP contribution in [-0.4, -0.2) is 14.0 Å². The zero-order valence-corrected chi connectivity index (χ0v) is 6.68. The average molecular weight is 138 g/mol. The smallest absolute Gasteiger partial charge is 0.296 e. The van der Waals surface area contributed by atoms with E-state index >= 15 is 0 Å². The van der Waals surface area contributed by atoms with Crippen LogP contribution in [0.15, 0.2) is 12.2 Å². The van der Waals surface area contributed by atoms with Crippen molar-refractivity contribution in [2.45, 2.75) is 31.9 Å². The van der Waals surface area contributed by atoms with E-state index in [1.165, 1.54) is 25.6 Å². The highest BCUT2D eigenvalue weighted by molar-refractivity contribution is 6.52. The van der Waals surface area contributed by atoms with Crippen molar-refractivity contribution in [2.24, 2.45) is 0 Å². The first kappa shape index (κ1) is 7.87. The topological polar surface area (TPSA) is 9.23 Å². The maximum Gasteiger partial charge on any atom is 0.296 e. The van der Waals surface area contributed by atoms with Crippen LogP contribution in [0.25, 0.3) is 0 Å². The molecule has 0 radical (unpaired) electrons. The second-order valence-corrected chi connectivity index (χ2v) is 2.85. The SMILES string of the molecule is COB1C/C=C/CCCC1. The molecule has 0 aromatic carbocycles. The van der Waals surface area contributed by atoms with Crippen molar-refractivity contribution in [3.63, 3.8) is 0 Å². The van der Waals surface area contributed by atoms with Gasteiger partial charge in [0.2, 0.25) is 0 Å². The van der Waals surface area contributed by atoms with Gasteiger partial charge in [-0.15, -0.1) is 0 Å². The monoisotopic (exact) mass is 138 g/mol. The molecule has 0 bridgehead atoms. The average Bonchev–Trinajstić information content (AvgIpc) is 1.87. The molecule has 2 heteroatoms. The molecule has 0 unspecified atom stereocenters. The second-order valence-electron chi connectivity index (χ2n) is 2.85. The van der Waals surface area contributed by atoms with Gasteiger partial charge in [-0.25, -0.2) is 0 Å². The third kappa shape index (κ3) is 2.57. The van der Waals surface area contributed by atoms with Crippen molar-refractivity contribution in [1.82, 2.24) is 0 Å². The maximum atomic E-state index is 5.28. The molecule has 1 heterocycles. The minimum atomic E-state index is 0.483. The highest BCUT2D eigenvalue weighted by Crippen LogP contribution is 2.12. The zero-order chi connectivity index (χ0) is 7.23. The van der Waals surface area contributed by atoms with Crippen LogP contribution in [0.2, 0.25) is 12.6 Å². The molecule has 56 valence electrons. The zero-order valence-electron chi connectivity index (χ0n) is 6.68. The van der Waals surface area contributed by atoms with Gasteiger partial charge in [-0.3, -0.25) is 0 Å². The third-order valence-corrected chi connectivity index (χ3v) is 2.05. The van der Waals surface area contributed by atoms with Gasteiger partial charge >= 0.3 is 0 Å². The Morgan fingerprint density at radius 3 is 3.00 bits per heavy atom. The fourth-order valence-electron chi connectivity index (χ4n) is 1.33. The fourth-order valence-corrected chi connectivity index (χ4v) is 1.33. The Morgan fingerprint density at radius 1 is 1.30 bits per heavy atom. The van der Waals surface area contributed by atoms with Crippen LogP contribution in [0.5, 0.6) is 0 Å². The summed E-state index contributed by atoms with van der Waals surface area (Å²) in [6.07, 6.45) is 10.8. The molecule has 1 aliphatic heterocycles. The predicted molar refractivity (Wildman–Crippen MR) is 45.4 cm³/mol. The lowest BCUT2D eigenvalue weighted by Crippen LogP contribution is -2.14. The molecule has 1 nitrogen and oxygen atoms in total. The molecule has 0 N–H and O–H groups in total. The van der Waals surface area contributed by atoms with E-state index in [1.807, 2.05) is 0 Å². The number of hydrogen-bond acceptors (Lipinski definition) is 1. The summed E-state index contributed by atoms with van der Waals surface area (Å²) in [4.78, 5) is 0. The van der Waals surface area contributed by atoms with Gasteiger partial charge in [0, 0.05) is 7.11 Å². The largest absolute Gasteiger partial charge is 0.438 e. The standard InChI is InChI=1S/C8H15BO/c1-10-9-7-5-3-2-4-6-8-9/h3,5H,2,4,6-8H2,1H3/b5-3+. The minimum Gasteiger partial charge on any atom is -0.438 e. The van der Waals surface area contributed by atoms with E-state index in [0.717, 1.165) is 6.32 Å². The van der Waals surface area contributed by atoms with E-state index in [9.17, 15) is 0 Å². The number of rotatable bonds is 1. The van der Waals surface area contributed by atoms with Crippen molar-refractivity contribution in [1.29, 1.82) is 0 Å². The first-order valence-electron chi connectivity index (χ1n) is 4.11. The Labute approximate surface area is 63.6 Å². The predicted octanol–water partition coefficient (Wildman–Crippen LogP) is 2.36. The highest BCUT2D eigenvalue weighted by Gasteiger charge is 2.11. The molecule has 0 saturated carbocycles. The van der Waals surface area contributed by atoms with Crippen LogP contribution < -0.4 is 0 Å². The lowest BCUT2D eigenvalue weighted by molar-refractivity contribution is 0.417. The van der Waals surface area contributed by atoms with Gasteiger partial charge in [0.15, 0.2) is 0 Å². The quantitative estimate of drug-likeness (QED) is 0.399. The number of allylic oxidation sites excluding steroid dienone is 2. The van der Waals surface area contributed by atoms with Crippen LogP contribution in [0, 0.1) is 0 Å². The molecule has 0 saturated heterocycles. The molecular formula is C8H15BO. The lowest BCUT2D eigenvalue weighted by Gasteiger charge is -2.10. The van der Waals surface area contributed by atoms with Gasteiger partial charge in [0.05, 0.1) is 0 Å². The summed E-state index contributed by atoms with van der Waals surface area (Å²) in [6, 6.07) is 0. The molecule has 1 aliphatic rings. The summed E-state index contributed by atoms with van der Waals surface area (Å²) in [6.45, 7) is 0.483. The Morgan fingerprint density at radius 2 is 2.20 bits per heavy atom. The normalized spacial score (nSPS) is 23.5. The fraction of sp³-hybridized carbons (Fsp3) is 0.750. The summed E-state index contributed by atoms with van der Waals surface area (Å²) in [5.41, 5.74) is 0. The first-order valence-corrected chi connectivity index (χ1v) is 4.11. The summed E-state index contributed by atoms with van der Waals surface area (Å²) >= 11 is 0. The molecule has 0 aliphatic carbocycles.